The van der Waals surface area contributed by atoms with E-state index in [2.05, 4.69) is 25.0 Å². The second-order valence-electron chi connectivity index (χ2n) is 6.44. The van der Waals surface area contributed by atoms with Gasteiger partial charge in [-0.25, -0.2) is 4.79 Å². The number of carbonyl (C=O) groups is 2. The monoisotopic (exact) mass is 437 g/mol. The van der Waals surface area contributed by atoms with Gasteiger partial charge in [-0.05, 0) is 29.4 Å². The first kappa shape index (κ1) is 22.2. The maximum atomic E-state index is 11.7. The summed E-state index contributed by atoms with van der Waals surface area (Å²) in [4.78, 5) is 35.7. The number of methoxy groups -OCH3 is 1. The molecule has 0 bridgehead atoms. The highest BCUT2D eigenvalue weighted by atomic mass is 16.6. The molecule has 2 aromatic carbocycles. The molecule has 32 heavy (non-hydrogen) atoms. The van der Waals surface area contributed by atoms with Gasteiger partial charge in [0.25, 0.3) is 5.91 Å². The third kappa shape index (κ3) is 4.81. The lowest BCUT2D eigenvalue weighted by molar-refractivity contribution is 0.0550. The molecule has 4 aromatic rings. The average molecular weight is 437 g/mol. The summed E-state index contributed by atoms with van der Waals surface area (Å²) in [6.07, 6.45) is 0. The number of hydrogen-bond acceptors (Lipinski definition) is 6. The van der Waals surface area contributed by atoms with Gasteiger partial charge in [0, 0.05) is 16.3 Å². The third-order valence-corrected chi connectivity index (χ3v) is 4.45. The van der Waals surface area contributed by atoms with Crippen molar-refractivity contribution in [2.45, 2.75) is 0 Å². The zero-order chi connectivity index (χ0) is 23.1. The lowest BCUT2D eigenvalue weighted by Gasteiger charge is -2.05. The van der Waals surface area contributed by atoms with Crippen LogP contribution in [-0.2, 0) is 9.57 Å². The lowest BCUT2D eigenvalue weighted by atomic mass is 10.2. The number of nitrogens with two attached hydrogens (primary N) is 1. The highest BCUT2D eigenvalue weighted by molar-refractivity contribution is 6.06. The molecule has 0 aliphatic heterocycles. The van der Waals surface area contributed by atoms with E-state index in [9.17, 15) is 9.59 Å². The van der Waals surface area contributed by atoms with Crippen molar-refractivity contribution in [2.75, 3.05) is 21.3 Å². The number of aromatic nitrogens is 2. The average Bonchev–Trinajstić information content (AvgIpc) is 3.40. The second kappa shape index (κ2) is 10.0. The molecule has 0 fully saturated rings. The van der Waals surface area contributed by atoms with Gasteiger partial charge in [0.1, 0.15) is 19.9 Å². The fourth-order valence-electron chi connectivity index (χ4n) is 3.07. The van der Waals surface area contributed by atoms with Crippen LogP contribution in [0.3, 0.4) is 0 Å². The number of para-hydroxylation sites is 2. The Kier molecular flexibility index (Phi) is 6.96. The summed E-state index contributed by atoms with van der Waals surface area (Å²) < 4.78 is 6.13. The quantitative estimate of drug-likeness (QED) is 0.194. The molecule has 10 nitrogen and oxygen atoms in total. The number of amides is 1. The normalized spacial score (nSPS) is 10.9. The molecule has 0 unspecified atom stereocenters. The van der Waals surface area contributed by atoms with Crippen molar-refractivity contribution in [2.24, 2.45) is 10.9 Å². The fourth-order valence-corrected chi connectivity index (χ4v) is 3.07. The molecule has 4 N–H and O–H groups in total. The van der Waals surface area contributed by atoms with Crippen LogP contribution in [-0.4, -0.2) is 48.9 Å². The van der Waals surface area contributed by atoms with Gasteiger partial charge in [0.2, 0.25) is 5.96 Å². The van der Waals surface area contributed by atoms with Crippen LogP contribution < -0.4 is 15.9 Å². The number of ether oxygens (including phenoxy) is 1. The zero-order valence-electron chi connectivity index (χ0n) is 17.8. The number of esters is 1. The summed E-state index contributed by atoms with van der Waals surface area (Å²) in [5.74, 6) is -0.858. The summed E-state index contributed by atoms with van der Waals surface area (Å²) >= 11 is 0. The molecule has 0 saturated heterocycles. The Bertz CT molecular complexity index is 1240. The van der Waals surface area contributed by atoms with E-state index < -0.39 is 5.97 Å². The molecule has 0 aliphatic carbocycles. The van der Waals surface area contributed by atoms with Gasteiger partial charge in [0.05, 0.1) is 12.6 Å². The molecule has 0 aliphatic rings. The van der Waals surface area contributed by atoms with E-state index in [1.54, 1.807) is 12.1 Å². The fraction of sp³-hybridized carbons (Fsp3) is 0.136. The molecular formula is C22H23N5O5. The van der Waals surface area contributed by atoms with Gasteiger partial charge in [-0.15, -0.1) is 0 Å². The van der Waals surface area contributed by atoms with E-state index in [0.29, 0.717) is 11.4 Å². The van der Waals surface area contributed by atoms with Gasteiger partial charge >= 0.3 is 5.97 Å². The molecule has 1 amide bonds. The maximum Gasteiger partial charge on any atom is 0.358 e. The van der Waals surface area contributed by atoms with E-state index in [1.165, 1.54) is 26.1 Å². The van der Waals surface area contributed by atoms with E-state index in [1.807, 2.05) is 48.5 Å². The van der Waals surface area contributed by atoms with Crippen LogP contribution in [0.2, 0.25) is 0 Å². The van der Waals surface area contributed by atoms with Crippen molar-refractivity contribution in [3.63, 3.8) is 0 Å². The van der Waals surface area contributed by atoms with Crippen molar-refractivity contribution in [3.05, 3.63) is 72.1 Å². The van der Waals surface area contributed by atoms with Crippen molar-refractivity contribution in [1.82, 2.24) is 15.0 Å². The summed E-state index contributed by atoms with van der Waals surface area (Å²) in [6, 6.07) is 18.7. The van der Waals surface area contributed by atoms with Crippen LogP contribution in [0, 0.1) is 0 Å². The number of H-pyrrole nitrogens is 1. The van der Waals surface area contributed by atoms with Crippen molar-refractivity contribution < 1.29 is 24.0 Å². The van der Waals surface area contributed by atoms with Crippen LogP contribution >= 0.6 is 0 Å². The molecule has 166 valence electrons. The Balaban J connectivity index is 0.000000182. The summed E-state index contributed by atoms with van der Waals surface area (Å²) in [5, 5.41) is 7.69. The molecule has 0 atom stereocenters. The van der Waals surface area contributed by atoms with Gasteiger partial charge < -0.3 is 25.1 Å². The summed E-state index contributed by atoms with van der Waals surface area (Å²) in [5.41, 5.74) is 7.94. The number of fused-ring (bicyclic) bond motifs is 2. The number of oxime groups is 1. The third-order valence-electron chi connectivity index (χ3n) is 4.45. The number of carbonyl (C=O) groups excluding carboxylic acids is 2. The van der Waals surface area contributed by atoms with E-state index >= 15 is 0 Å². The Hall–Kier alpha value is -4.47. The van der Waals surface area contributed by atoms with Crippen molar-refractivity contribution in [3.8, 4) is 0 Å². The minimum Gasteiger partial charge on any atom is -0.464 e. The Labute approximate surface area is 183 Å². The Morgan fingerprint density at radius 3 is 2.34 bits per heavy atom. The number of aromatic amines is 1. The topological polar surface area (TPSA) is 133 Å². The molecule has 2 aromatic heterocycles. The van der Waals surface area contributed by atoms with E-state index in [-0.39, 0.29) is 11.9 Å². The highest BCUT2D eigenvalue weighted by Gasteiger charge is 2.16. The lowest BCUT2D eigenvalue weighted by Crippen LogP contribution is -2.36. The Morgan fingerprint density at radius 2 is 1.69 bits per heavy atom. The summed E-state index contributed by atoms with van der Waals surface area (Å²) in [6.45, 7) is 0. The van der Waals surface area contributed by atoms with Gasteiger partial charge in [-0.3, -0.25) is 10.1 Å². The van der Waals surface area contributed by atoms with E-state index in [0.717, 1.165) is 21.8 Å². The molecule has 2 heterocycles. The predicted molar refractivity (Wildman–Crippen MR) is 120 cm³/mol. The molecule has 10 heteroatoms. The van der Waals surface area contributed by atoms with Crippen LogP contribution in [0.4, 0.5) is 0 Å². The number of guanidine groups is 1. The number of rotatable bonds is 4. The smallest absolute Gasteiger partial charge is 0.358 e. The standard InChI is InChI=1S/C11H12N4O2.C11H11NO3/c1-17-15-11(12)14-10(16)9-6-7-4-2-3-5-8(7)13-9;1-14-11(13)10-7-8-5-3-4-6-9(8)12(10)15-2/h2-6,13H,1H3,(H3,12,14,15,16);3-7H,1-2H3. The maximum absolute atomic E-state index is 11.7. The second-order valence-corrected chi connectivity index (χ2v) is 6.44. The van der Waals surface area contributed by atoms with Crippen molar-refractivity contribution in [1.29, 1.82) is 0 Å². The minimum atomic E-state index is -0.409. The van der Waals surface area contributed by atoms with Crippen molar-refractivity contribution >= 4 is 39.6 Å². The molecule has 4 rings (SSSR count). The van der Waals surface area contributed by atoms with Crippen LogP contribution in [0.1, 0.15) is 21.0 Å². The minimum absolute atomic E-state index is 0.0869. The van der Waals surface area contributed by atoms with Crippen LogP contribution in [0.15, 0.2) is 65.8 Å². The first-order valence-corrected chi connectivity index (χ1v) is 9.47. The largest absolute Gasteiger partial charge is 0.464 e. The molecule has 0 radical (unpaired) electrons. The molecular weight excluding hydrogens is 414 g/mol. The van der Waals surface area contributed by atoms with Gasteiger partial charge in [-0.1, -0.05) is 36.4 Å². The Morgan fingerprint density at radius 1 is 1.00 bits per heavy atom. The zero-order valence-corrected chi connectivity index (χ0v) is 17.8. The molecule has 0 saturated carbocycles. The first-order valence-electron chi connectivity index (χ1n) is 9.47. The van der Waals surface area contributed by atoms with Crippen LogP contribution in [0.25, 0.3) is 21.8 Å². The summed E-state index contributed by atoms with van der Waals surface area (Å²) in [7, 11) is 4.21. The van der Waals surface area contributed by atoms with Gasteiger partial charge in [0.15, 0.2) is 5.69 Å². The number of hydrogen-bond donors (Lipinski definition) is 3. The number of benzene rings is 2. The predicted octanol–water partition coefficient (Wildman–Crippen LogP) is 2.26. The number of nitrogens with zero attached hydrogens (tertiary/aromatic N) is 2. The van der Waals surface area contributed by atoms with E-state index in [4.69, 9.17) is 10.6 Å². The highest BCUT2D eigenvalue weighted by Crippen LogP contribution is 2.19. The number of nitrogens with one attached hydrogen (secondary N) is 2. The first-order chi connectivity index (χ1) is 15.5. The van der Waals surface area contributed by atoms with Gasteiger partial charge in [-0.2, -0.15) is 4.73 Å². The van der Waals surface area contributed by atoms with Crippen LogP contribution in [0.5, 0.6) is 0 Å². The molecule has 0 spiro atoms. The SMILES string of the molecule is COC(=O)c1cc2ccccc2n1OC.CON=C(N)NC(=O)c1cc2ccccc2[nH]1.